The quantitative estimate of drug-likeness (QED) is 0.681. The van der Waals surface area contributed by atoms with Gasteiger partial charge in [-0.3, -0.25) is 9.59 Å². The van der Waals surface area contributed by atoms with Crippen molar-refractivity contribution in [3.63, 3.8) is 0 Å². The van der Waals surface area contributed by atoms with E-state index < -0.39 is 11.9 Å². The summed E-state index contributed by atoms with van der Waals surface area (Å²) in [5, 5.41) is 24.9. The number of carbonyl (C=O) groups excluding carboxylic acids is 2. The molecule has 9 nitrogen and oxygen atoms in total. The molecule has 3 aromatic rings. The molecule has 0 unspecified atom stereocenters. The maximum atomic E-state index is 12.7. The Hall–Kier alpha value is -4.19. The summed E-state index contributed by atoms with van der Waals surface area (Å²) in [6, 6.07) is 10.7. The number of amides is 2. The Morgan fingerprint density at radius 2 is 2.00 bits per heavy atom. The van der Waals surface area contributed by atoms with Gasteiger partial charge in [-0.25, -0.2) is 4.79 Å². The number of carboxylic acids is 1. The molecule has 2 aromatic carbocycles. The summed E-state index contributed by atoms with van der Waals surface area (Å²) in [5.74, 6) is -2.12. The maximum absolute atomic E-state index is 12.7. The SMILES string of the molecule is CCN(C(C)=O)c1ccc2onc(C(=O)Nc3ccc(C#N)cc3C(=O)O)c2c1. The van der Waals surface area contributed by atoms with Crippen LogP contribution in [0.2, 0.25) is 0 Å². The van der Waals surface area contributed by atoms with Crippen molar-refractivity contribution in [3.05, 3.63) is 53.2 Å². The van der Waals surface area contributed by atoms with Gasteiger partial charge in [0.25, 0.3) is 5.91 Å². The van der Waals surface area contributed by atoms with E-state index in [9.17, 15) is 19.5 Å². The molecule has 0 bridgehead atoms. The lowest BCUT2D eigenvalue weighted by atomic mass is 10.1. The van der Waals surface area contributed by atoms with Crippen LogP contribution in [-0.2, 0) is 4.79 Å². The smallest absolute Gasteiger partial charge is 0.337 e. The average molecular weight is 392 g/mol. The molecule has 1 heterocycles. The van der Waals surface area contributed by atoms with E-state index in [1.807, 2.05) is 13.0 Å². The Bertz CT molecular complexity index is 1180. The maximum Gasteiger partial charge on any atom is 0.337 e. The van der Waals surface area contributed by atoms with E-state index in [0.29, 0.717) is 23.2 Å². The second kappa shape index (κ2) is 7.82. The molecule has 3 rings (SSSR count). The van der Waals surface area contributed by atoms with Crippen molar-refractivity contribution < 1.29 is 24.0 Å². The van der Waals surface area contributed by atoms with Crippen molar-refractivity contribution in [3.8, 4) is 6.07 Å². The topological polar surface area (TPSA) is 137 Å². The fourth-order valence-electron chi connectivity index (χ4n) is 2.93. The van der Waals surface area contributed by atoms with E-state index in [1.54, 1.807) is 18.2 Å². The number of carbonyl (C=O) groups is 3. The number of benzene rings is 2. The first-order chi connectivity index (χ1) is 13.8. The number of nitrogens with one attached hydrogen (secondary N) is 1. The standard InChI is InChI=1S/C20H16N4O5/c1-3-24(11(2)25)13-5-7-17-15(9-13)18(23-29-17)19(26)22-16-6-4-12(10-21)8-14(16)20(27)28/h4-9H,3H2,1-2H3,(H,22,26)(H,27,28). The first kappa shape index (κ1) is 19.6. The van der Waals surface area contributed by atoms with Crippen LogP contribution in [0, 0.1) is 11.3 Å². The molecule has 0 aliphatic carbocycles. The Morgan fingerprint density at radius 3 is 2.62 bits per heavy atom. The molecule has 0 radical (unpaired) electrons. The number of fused-ring (bicyclic) bond motifs is 1. The molecule has 1 aromatic heterocycles. The van der Waals surface area contributed by atoms with E-state index in [2.05, 4.69) is 10.5 Å². The summed E-state index contributed by atoms with van der Waals surface area (Å²) >= 11 is 0. The molecule has 146 valence electrons. The van der Waals surface area contributed by atoms with Crippen molar-refractivity contribution in [2.75, 3.05) is 16.8 Å². The van der Waals surface area contributed by atoms with Gasteiger partial charge in [0, 0.05) is 19.2 Å². The highest BCUT2D eigenvalue weighted by molar-refractivity contribution is 6.13. The van der Waals surface area contributed by atoms with Gasteiger partial charge in [0.15, 0.2) is 11.3 Å². The molecule has 0 atom stereocenters. The zero-order valence-corrected chi connectivity index (χ0v) is 15.6. The fourth-order valence-corrected chi connectivity index (χ4v) is 2.93. The molecule has 2 amide bonds. The van der Waals surface area contributed by atoms with Gasteiger partial charge in [-0.1, -0.05) is 5.16 Å². The van der Waals surface area contributed by atoms with Gasteiger partial charge in [0.2, 0.25) is 5.91 Å². The highest BCUT2D eigenvalue weighted by Gasteiger charge is 2.21. The molecule has 29 heavy (non-hydrogen) atoms. The molecule has 0 spiro atoms. The van der Waals surface area contributed by atoms with Crippen molar-refractivity contribution in [2.45, 2.75) is 13.8 Å². The zero-order chi connectivity index (χ0) is 21.1. The normalized spacial score (nSPS) is 10.4. The molecule has 0 saturated carbocycles. The highest BCUT2D eigenvalue weighted by Crippen LogP contribution is 2.26. The van der Waals surface area contributed by atoms with Crippen LogP contribution < -0.4 is 10.2 Å². The van der Waals surface area contributed by atoms with Gasteiger partial charge < -0.3 is 19.8 Å². The molecule has 0 aliphatic heterocycles. The predicted octanol–water partition coefficient (Wildman–Crippen LogP) is 3.02. The van der Waals surface area contributed by atoms with Crippen LogP contribution in [0.3, 0.4) is 0 Å². The van der Waals surface area contributed by atoms with Crippen LogP contribution in [0.4, 0.5) is 11.4 Å². The van der Waals surface area contributed by atoms with E-state index in [-0.39, 0.29) is 28.4 Å². The van der Waals surface area contributed by atoms with Crippen LogP contribution in [0.1, 0.15) is 40.3 Å². The summed E-state index contributed by atoms with van der Waals surface area (Å²) in [6.07, 6.45) is 0. The average Bonchev–Trinajstić information content (AvgIpc) is 3.11. The second-order valence-corrected chi connectivity index (χ2v) is 6.11. The molecule has 0 fully saturated rings. The molecule has 0 saturated heterocycles. The Kier molecular flexibility index (Phi) is 5.27. The van der Waals surface area contributed by atoms with Gasteiger partial charge in [-0.05, 0) is 43.3 Å². The minimum Gasteiger partial charge on any atom is -0.478 e. The van der Waals surface area contributed by atoms with E-state index >= 15 is 0 Å². The Morgan fingerprint density at radius 1 is 1.24 bits per heavy atom. The summed E-state index contributed by atoms with van der Waals surface area (Å²) < 4.78 is 5.18. The second-order valence-electron chi connectivity index (χ2n) is 6.11. The lowest BCUT2D eigenvalue weighted by Gasteiger charge is -2.18. The number of nitrogens with zero attached hydrogens (tertiary/aromatic N) is 3. The minimum absolute atomic E-state index is 0.0210. The van der Waals surface area contributed by atoms with Crippen LogP contribution in [0.5, 0.6) is 0 Å². The third-order valence-corrected chi connectivity index (χ3v) is 4.30. The fraction of sp³-hybridized carbons (Fsp3) is 0.150. The van der Waals surface area contributed by atoms with Crippen molar-refractivity contribution >= 4 is 40.1 Å². The molecule has 0 aliphatic rings. The van der Waals surface area contributed by atoms with Crippen molar-refractivity contribution in [2.24, 2.45) is 0 Å². The van der Waals surface area contributed by atoms with E-state index in [1.165, 1.54) is 30.0 Å². The largest absolute Gasteiger partial charge is 0.478 e. The monoisotopic (exact) mass is 392 g/mol. The van der Waals surface area contributed by atoms with Crippen molar-refractivity contribution in [1.29, 1.82) is 5.26 Å². The molecular weight excluding hydrogens is 376 g/mol. The third-order valence-electron chi connectivity index (χ3n) is 4.30. The first-order valence-electron chi connectivity index (χ1n) is 8.62. The number of anilines is 2. The highest BCUT2D eigenvalue weighted by atomic mass is 16.5. The number of rotatable bonds is 5. The molecular formula is C20H16N4O5. The van der Waals surface area contributed by atoms with E-state index in [0.717, 1.165) is 0 Å². The molecule has 9 heteroatoms. The van der Waals surface area contributed by atoms with Crippen LogP contribution in [0.25, 0.3) is 11.0 Å². The number of aromatic carboxylic acids is 1. The molecule has 2 N–H and O–H groups in total. The summed E-state index contributed by atoms with van der Waals surface area (Å²) in [7, 11) is 0. The predicted molar refractivity (Wildman–Crippen MR) is 104 cm³/mol. The van der Waals surface area contributed by atoms with Crippen LogP contribution >= 0.6 is 0 Å². The lowest BCUT2D eigenvalue weighted by molar-refractivity contribution is -0.116. The number of nitriles is 1. The van der Waals surface area contributed by atoms with Gasteiger partial charge in [-0.2, -0.15) is 5.26 Å². The Balaban J connectivity index is 1.99. The van der Waals surface area contributed by atoms with Gasteiger partial charge in [0.1, 0.15) is 0 Å². The number of hydrogen-bond donors (Lipinski definition) is 2. The van der Waals surface area contributed by atoms with Crippen LogP contribution in [-0.4, -0.2) is 34.6 Å². The zero-order valence-electron chi connectivity index (χ0n) is 15.6. The van der Waals surface area contributed by atoms with Gasteiger partial charge in [-0.15, -0.1) is 0 Å². The lowest BCUT2D eigenvalue weighted by Crippen LogP contribution is -2.27. The Labute approximate surface area is 165 Å². The number of aromatic nitrogens is 1. The van der Waals surface area contributed by atoms with Gasteiger partial charge in [0.05, 0.1) is 28.3 Å². The third kappa shape index (κ3) is 3.77. The summed E-state index contributed by atoms with van der Waals surface area (Å²) in [6.45, 7) is 3.71. The summed E-state index contributed by atoms with van der Waals surface area (Å²) in [4.78, 5) is 37.5. The first-order valence-corrected chi connectivity index (χ1v) is 8.62. The van der Waals surface area contributed by atoms with Crippen molar-refractivity contribution in [1.82, 2.24) is 5.16 Å². The number of carboxylic acid groups (broad SMARTS) is 1. The minimum atomic E-state index is -1.29. The van der Waals surface area contributed by atoms with Gasteiger partial charge >= 0.3 is 5.97 Å². The van der Waals surface area contributed by atoms with Crippen LogP contribution in [0.15, 0.2) is 40.9 Å². The summed E-state index contributed by atoms with van der Waals surface area (Å²) in [5.41, 5.74) is 0.821. The van der Waals surface area contributed by atoms with E-state index in [4.69, 9.17) is 9.78 Å². The number of hydrogen-bond acceptors (Lipinski definition) is 6.